The number of nitrogens with one attached hydrogen (secondary N) is 1. The predicted octanol–water partition coefficient (Wildman–Crippen LogP) is 3.46. The first kappa shape index (κ1) is 18.2. The molecule has 7 heteroatoms. The van der Waals surface area contributed by atoms with E-state index in [9.17, 15) is 9.18 Å². The molecule has 0 spiro atoms. The van der Waals surface area contributed by atoms with Gasteiger partial charge in [-0.2, -0.15) is 0 Å². The van der Waals surface area contributed by atoms with Crippen molar-refractivity contribution >= 4 is 11.8 Å². The van der Waals surface area contributed by atoms with Crippen molar-refractivity contribution in [2.75, 3.05) is 11.9 Å². The topological polar surface area (TPSA) is 59.4 Å². The van der Waals surface area contributed by atoms with Gasteiger partial charge in [0.1, 0.15) is 11.4 Å². The van der Waals surface area contributed by atoms with Crippen LogP contribution in [0.15, 0.2) is 24.7 Å². The van der Waals surface area contributed by atoms with Gasteiger partial charge in [-0.15, -0.1) is 0 Å². The summed E-state index contributed by atoms with van der Waals surface area (Å²) >= 11 is 0. The Morgan fingerprint density at radius 2 is 2.15 bits per heavy atom. The fourth-order valence-corrected chi connectivity index (χ4v) is 2.97. The van der Waals surface area contributed by atoms with Crippen molar-refractivity contribution in [2.45, 2.75) is 45.9 Å². The van der Waals surface area contributed by atoms with Gasteiger partial charge in [-0.1, -0.05) is 6.07 Å². The van der Waals surface area contributed by atoms with Gasteiger partial charge in [0.15, 0.2) is 0 Å². The Balaban J connectivity index is 1.70. The fraction of sp³-hybridized carbons (Fsp3) is 0.474. The number of fused-ring (bicyclic) bond motifs is 1. The van der Waals surface area contributed by atoms with Crippen molar-refractivity contribution in [3.05, 3.63) is 47.3 Å². The predicted molar refractivity (Wildman–Crippen MR) is 97.3 cm³/mol. The highest BCUT2D eigenvalue weighted by Gasteiger charge is 2.27. The molecule has 0 unspecified atom stereocenters. The number of carbonyl (C=O) groups excluding carboxylic acids is 1. The minimum absolute atomic E-state index is 0.242. The average molecular weight is 360 g/mol. The second kappa shape index (κ2) is 6.97. The number of benzene rings is 1. The van der Waals surface area contributed by atoms with E-state index in [2.05, 4.69) is 10.3 Å². The van der Waals surface area contributed by atoms with Gasteiger partial charge in [-0.3, -0.25) is 0 Å². The van der Waals surface area contributed by atoms with Crippen LogP contribution in [0.5, 0.6) is 0 Å². The second-order valence-corrected chi connectivity index (χ2v) is 7.57. The Morgan fingerprint density at radius 3 is 2.81 bits per heavy atom. The van der Waals surface area contributed by atoms with E-state index < -0.39 is 5.60 Å². The Hall–Kier alpha value is -2.57. The molecular formula is C19H25FN4O2. The number of ether oxygens (including phenoxy) is 1. The summed E-state index contributed by atoms with van der Waals surface area (Å²) in [5.74, 6) is -0.242. The molecule has 0 atom stereocenters. The second-order valence-electron chi connectivity index (χ2n) is 7.57. The van der Waals surface area contributed by atoms with Crippen LogP contribution in [-0.4, -0.2) is 32.7 Å². The van der Waals surface area contributed by atoms with Crippen molar-refractivity contribution in [3.8, 4) is 0 Å². The summed E-state index contributed by atoms with van der Waals surface area (Å²) in [6.45, 7) is 6.82. The van der Waals surface area contributed by atoms with E-state index in [1.165, 1.54) is 0 Å². The van der Waals surface area contributed by atoms with Gasteiger partial charge in [-0.25, -0.2) is 14.2 Å². The molecule has 2 aromatic rings. The van der Waals surface area contributed by atoms with E-state index in [-0.39, 0.29) is 11.9 Å². The zero-order chi connectivity index (χ0) is 18.9. The zero-order valence-corrected chi connectivity index (χ0v) is 15.7. The van der Waals surface area contributed by atoms with Crippen LogP contribution in [0.25, 0.3) is 0 Å². The van der Waals surface area contributed by atoms with Gasteiger partial charge < -0.3 is 19.5 Å². The molecule has 3 rings (SSSR count). The van der Waals surface area contributed by atoms with Gasteiger partial charge in [0, 0.05) is 26.3 Å². The molecule has 140 valence electrons. The van der Waals surface area contributed by atoms with Gasteiger partial charge in [0.05, 0.1) is 24.3 Å². The third kappa shape index (κ3) is 3.98. The van der Waals surface area contributed by atoms with E-state index in [1.807, 2.05) is 38.5 Å². The number of imidazole rings is 1. The maximum atomic E-state index is 14.9. The normalized spacial score (nSPS) is 14.1. The number of aryl methyl sites for hydroxylation is 1. The van der Waals surface area contributed by atoms with Crippen LogP contribution < -0.4 is 5.32 Å². The van der Waals surface area contributed by atoms with Crippen LogP contribution in [-0.2, 0) is 31.3 Å². The first-order valence-electron chi connectivity index (χ1n) is 8.72. The van der Waals surface area contributed by atoms with E-state index in [0.717, 1.165) is 11.3 Å². The van der Waals surface area contributed by atoms with E-state index in [0.29, 0.717) is 37.3 Å². The maximum absolute atomic E-state index is 14.9. The highest BCUT2D eigenvalue weighted by Crippen LogP contribution is 2.28. The smallest absolute Gasteiger partial charge is 0.410 e. The number of rotatable bonds is 3. The molecular weight excluding hydrogens is 335 g/mol. The summed E-state index contributed by atoms with van der Waals surface area (Å²) in [7, 11) is 1.90. The number of aromatic nitrogens is 2. The minimum Gasteiger partial charge on any atom is -0.444 e. The molecule has 0 saturated carbocycles. The summed E-state index contributed by atoms with van der Waals surface area (Å²) in [6.07, 6.45) is 3.58. The van der Waals surface area contributed by atoms with Crippen LogP contribution >= 0.6 is 0 Å². The Labute approximate surface area is 153 Å². The molecule has 0 fully saturated rings. The van der Waals surface area contributed by atoms with Gasteiger partial charge in [-0.05, 0) is 44.4 Å². The first-order valence-corrected chi connectivity index (χ1v) is 8.72. The molecule has 0 radical (unpaired) electrons. The highest BCUT2D eigenvalue weighted by atomic mass is 19.1. The van der Waals surface area contributed by atoms with Crippen LogP contribution in [0.4, 0.5) is 14.9 Å². The lowest BCUT2D eigenvalue weighted by Crippen LogP contribution is -2.40. The number of carbonyl (C=O) groups is 1. The SMILES string of the molecule is Cn1cncc1CNc1ccc2c(c1F)CCN(C(=O)OC(C)(C)C)C2. The monoisotopic (exact) mass is 360 g/mol. The number of hydrogen-bond acceptors (Lipinski definition) is 4. The number of anilines is 1. The molecule has 1 amide bonds. The zero-order valence-electron chi connectivity index (χ0n) is 15.7. The van der Waals surface area contributed by atoms with Crippen molar-refractivity contribution in [1.82, 2.24) is 14.5 Å². The van der Waals surface area contributed by atoms with E-state index >= 15 is 0 Å². The van der Waals surface area contributed by atoms with Crippen LogP contribution in [0.2, 0.25) is 0 Å². The summed E-state index contributed by atoms with van der Waals surface area (Å²) in [5.41, 5.74) is 2.39. The van der Waals surface area contributed by atoms with Crippen LogP contribution in [0.1, 0.15) is 37.6 Å². The maximum Gasteiger partial charge on any atom is 0.410 e. The number of hydrogen-bond donors (Lipinski definition) is 1. The van der Waals surface area contributed by atoms with Crippen LogP contribution in [0.3, 0.4) is 0 Å². The lowest BCUT2D eigenvalue weighted by molar-refractivity contribution is 0.0223. The van der Waals surface area contributed by atoms with Crippen molar-refractivity contribution < 1.29 is 13.9 Å². The van der Waals surface area contributed by atoms with Crippen molar-refractivity contribution in [3.63, 3.8) is 0 Å². The first-order chi connectivity index (χ1) is 12.2. The molecule has 1 aromatic heterocycles. The lowest BCUT2D eigenvalue weighted by Gasteiger charge is -2.31. The highest BCUT2D eigenvalue weighted by molar-refractivity contribution is 5.69. The third-order valence-electron chi connectivity index (χ3n) is 4.36. The van der Waals surface area contributed by atoms with E-state index in [4.69, 9.17) is 4.74 Å². The molecule has 1 aliphatic rings. The Bertz CT molecular complexity index is 810. The largest absolute Gasteiger partial charge is 0.444 e. The third-order valence-corrected chi connectivity index (χ3v) is 4.36. The van der Waals surface area contributed by atoms with Crippen molar-refractivity contribution in [2.24, 2.45) is 7.05 Å². The summed E-state index contributed by atoms with van der Waals surface area (Å²) in [4.78, 5) is 17.9. The molecule has 6 nitrogen and oxygen atoms in total. The minimum atomic E-state index is -0.539. The summed E-state index contributed by atoms with van der Waals surface area (Å²) < 4.78 is 22.2. The molecule has 0 bridgehead atoms. The Kier molecular flexibility index (Phi) is 4.89. The molecule has 1 aromatic carbocycles. The average Bonchev–Trinajstić information content (AvgIpc) is 2.97. The van der Waals surface area contributed by atoms with Crippen molar-refractivity contribution in [1.29, 1.82) is 0 Å². The van der Waals surface area contributed by atoms with Gasteiger partial charge in [0.25, 0.3) is 0 Å². The summed E-state index contributed by atoms with van der Waals surface area (Å²) in [5, 5.41) is 3.13. The quantitative estimate of drug-likeness (QED) is 0.911. The molecule has 0 saturated heterocycles. The standard InChI is InChI=1S/C19H25FN4O2/c1-19(2,3)26-18(25)24-8-7-15-13(11-24)5-6-16(17(15)20)22-10-14-9-21-12-23(14)4/h5-6,9,12,22H,7-8,10-11H2,1-4H3. The molecule has 0 aliphatic carbocycles. The molecule has 26 heavy (non-hydrogen) atoms. The number of halogens is 1. The Morgan fingerprint density at radius 1 is 1.38 bits per heavy atom. The van der Waals surface area contributed by atoms with Gasteiger partial charge >= 0.3 is 6.09 Å². The van der Waals surface area contributed by atoms with Crippen LogP contribution in [0, 0.1) is 5.82 Å². The molecule has 1 aliphatic heterocycles. The summed E-state index contributed by atoms with van der Waals surface area (Å²) in [6, 6.07) is 3.60. The lowest BCUT2D eigenvalue weighted by atomic mass is 9.98. The molecule has 1 N–H and O–H groups in total. The number of nitrogens with zero attached hydrogens (tertiary/aromatic N) is 3. The molecule has 2 heterocycles. The number of amides is 1. The fourth-order valence-electron chi connectivity index (χ4n) is 2.97. The van der Waals surface area contributed by atoms with E-state index in [1.54, 1.807) is 23.5 Å². The van der Waals surface area contributed by atoms with Gasteiger partial charge in [0.2, 0.25) is 0 Å².